The Balaban J connectivity index is 1.90. The van der Waals surface area contributed by atoms with Gasteiger partial charge in [-0.15, -0.1) is 0 Å². The molecule has 1 heterocycles. The summed E-state index contributed by atoms with van der Waals surface area (Å²) in [5, 5.41) is 0.465. The largest absolute Gasteiger partial charge is 0.493 e. The topological polar surface area (TPSA) is 38.8 Å². The third kappa shape index (κ3) is 3.83. The predicted molar refractivity (Wildman–Crippen MR) is 114 cm³/mol. The highest BCUT2D eigenvalue weighted by atomic mass is 35.5. The van der Waals surface area contributed by atoms with E-state index < -0.39 is 23.6 Å². The average molecular weight is 444 g/mol. The Labute approximate surface area is 184 Å². The highest BCUT2D eigenvalue weighted by Gasteiger charge is 2.35. The Kier molecular flexibility index (Phi) is 5.83. The molecule has 0 saturated heterocycles. The van der Waals surface area contributed by atoms with Crippen LogP contribution in [0.4, 0.5) is 8.78 Å². The number of methoxy groups -OCH3 is 2. The Bertz CT molecular complexity index is 1150. The van der Waals surface area contributed by atoms with Crippen LogP contribution in [-0.2, 0) is 6.42 Å². The van der Waals surface area contributed by atoms with Crippen LogP contribution in [0.5, 0.6) is 11.5 Å². The van der Waals surface area contributed by atoms with E-state index in [1.165, 1.54) is 12.0 Å². The molecular weight excluding hydrogens is 424 g/mol. The number of nitrogens with zero attached hydrogens (tertiary/aromatic N) is 1. The number of hydrogen-bond acceptors (Lipinski definition) is 3. The van der Waals surface area contributed by atoms with Crippen LogP contribution in [0.25, 0.3) is 0 Å². The van der Waals surface area contributed by atoms with E-state index in [2.05, 4.69) is 0 Å². The predicted octanol–water partition coefficient (Wildman–Crippen LogP) is 5.42. The first-order valence-electron chi connectivity index (χ1n) is 9.69. The van der Waals surface area contributed by atoms with Gasteiger partial charge in [-0.05, 0) is 59.5 Å². The van der Waals surface area contributed by atoms with Crippen molar-refractivity contribution < 1.29 is 23.0 Å². The first kappa shape index (κ1) is 21.1. The van der Waals surface area contributed by atoms with Gasteiger partial charge < -0.3 is 14.4 Å². The molecule has 7 heteroatoms. The van der Waals surface area contributed by atoms with E-state index in [0.29, 0.717) is 35.1 Å². The quantitative estimate of drug-likeness (QED) is 0.540. The Morgan fingerprint density at radius 3 is 2.42 bits per heavy atom. The van der Waals surface area contributed by atoms with Gasteiger partial charge in [0.2, 0.25) is 0 Å². The number of carbonyl (C=O) groups is 1. The maximum absolute atomic E-state index is 14.4. The molecule has 4 rings (SSSR count). The molecule has 3 aromatic rings. The minimum absolute atomic E-state index is 0.299. The van der Waals surface area contributed by atoms with E-state index in [1.807, 2.05) is 24.3 Å². The lowest BCUT2D eigenvalue weighted by Crippen LogP contribution is -2.41. The van der Waals surface area contributed by atoms with Crippen LogP contribution >= 0.6 is 11.6 Å². The maximum Gasteiger partial charge on any atom is 0.257 e. The standard InChI is InChI=1S/C24H20ClF2NO3/c1-30-21-11-14-9-10-28(24(29)18-12-15(26)7-8-20(18)27)23(17(14)13-22(21)31-2)16-5-3-4-6-19(16)25/h3-8,11-13,23H,9-10H2,1-2H3/t23-/m0/s1. The average Bonchev–Trinajstić information content (AvgIpc) is 2.79. The fourth-order valence-electron chi connectivity index (χ4n) is 4.01. The molecular formula is C24H20ClF2NO3. The summed E-state index contributed by atoms with van der Waals surface area (Å²) in [4.78, 5) is 14.9. The van der Waals surface area contributed by atoms with Crippen LogP contribution in [0.1, 0.15) is 33.1 Å². The smallest absolute Gasteiger partial charge is 0.257 e. The molecule has 0 aliphatic carbocycles. The molecule has 0 spiro atoms. The summed E-state index contributed by atoms with van der Waals surface area (Å²) in [6.45, 7) is 0.299. The van der Waals surface area contributed by atoms with Crippen molar-refractivity contribution in [2.75, 3.05) is 20.8 Å². The lowest BCUT2D eigenvalue weighted by atomic mass is 9.87. The second kappa shape index (κ2) is 8.55. The normalized spacial score (nSPS) is 15.4. The van der Waals surface area contributed by atoms with Crippen LogP contribution in [0.15, 0.2) is 54.6 Å². The number of fused-ring (bicyclic) bond motifs is 1. The fraction of sp³-hybridized carbons (Fsp3) is 0.208. The zero-order chi connectivity index (χ0) is 22.1. The van der Waals surface area contributed by atoms with Gasteiger partial charge in [0.1, 0.15) is 11.6 Å². The SMILES string of the molecule is COc1cc2c(cc1OC)[C@H](c1ccccc1Cl)N(C(=O)c1cc(F)ccc1F)CC2. The number of ether oxygens (including phenoxy) is 2. The molecule has 0 aromatic heterocycles. The van der Waals surface area contributed by atoms with Gasteiger partial charge in [-0.25, -0.2) is 8.78 Å². The Hall–Kier alpha value is -3.12. The highest BCUT2D eigenvalue weighted by molar-refractivity contribution is 6.31. The number of halogens is 3. The van der Waals surface area contributed by atoms with Gasteiger partial charge in [0.05, 0.1) is 25.8 Å². The van der Waals surface area contributed by atoms with Crippen LogP contribution in [0.2, 0.25) is 5.02 Å². The Morgan fingerprint density at radius 2 is 1.71 bits per heavy atom. The van der Waals surface area contributed by atoms with E-state index in [4.69, 9.17) is 21.1 Å². The molecule has 0 fully saturated rings. The van der Waals surface area contributed by atoms with E-state index in [1.54, 1.807) is 19.2 Å². The minimum Gasteiger partial charge on any atom is -0.493 e. The van der Waals surface area contributed by atoms with Crippen molar-refractivity contribution in [2.45, 2.75) is 12.5 Å². The summed E-state index contributed by atoms with van der Waals surface area (Å²) in [7, 11) is 3.09. The number of amides is 1. The van der Waals surface area contributed by atoms with Gasteiger partial charge in [-0.3, -0.25) is 4.79 Å². The molecule has 160 valence electrons. The Morgan fingerprint density at radius 1 is 1.00 bits per heavy atom. The number of benzene rings is 3. The van der Waals surface area contributed by atoms with Gasteiger partial charge in [0.25, 0.3) is 5.91 Å². The molecule has 0 saturated carbocycles. The number of hydrogen-bond donors (Lipinski definition) is 0. The zero-order valence-corrected chi connectivity index (χ0v) is 17.7. The van der Waals surface area contributed by atoms with Crippen molar-refractivity contribution in [3.05, 3.63) is 93.5 Å². The molecule has 0 bridgehead atoms. The first-order valence-corrected chi connectivity index (χ1v) is 10.1. The van der Waals surface area contributed by atoms with E-state index in [9.17, 15) is 13.6 Å². The van der Waals surface area contributed by atoms with Gasteiger partial charge in [0.15, 0.2) is 11.5 Å². The third-order valence-electron chi connectivity index (χ3n) is 5.49. The minimum atomic E-state index is -0.776. The summed E-state index contributed by atoms with van der Waals surface area (Å²) in [6.07, 6.45) is 0.513. The molecule has 0 unspecified atom stereocenters. The molecule has 1 aliphatic heterocycles. The second-order valence-electron chi connectivity index (χ2n) is 7.20. The highest BCUT2D eigenvalue weighted by Crippen LogP contribution is 2.43. The van der Waals surface area contributed by atoms with E-state index in [-0.39, 0.29) is 5.56 Å². The molecule has 1 atom stereocenters. The van der Waals surface area contributed by atoms with Crippen molar-refractivity contribution in [2.24, 2.45) is 0 Å². The zero-order valence-electron chi connectivity index (χ0n) is 17.0. The van der Waals surface area contributed by atoms with Crippen LogP contribution in [0.3, 0.4) is 0 Å². The van der Waals surface area contributed by atoms with E-state index in [0.717, 1.165) is 29.3 Å². The van der Waals surface area contributed by atoms with Crippen molar-refractivity contribution >= 4 is 17.5 Å². The van der Waals surface area contributed by atoms with Gasteiger partial charge in [0, 0.05) is 11.6 Å². The summed E-state index contributed by atoms with van der Waals surface area (Å²) in [5.41, 5.74) is 2.12. The molecule has 4 nitrogen and oxygen atoms in total. The maximum atomic E-state index is 14.4. The monoisotopic (exact) mass is 443 g/mol. The van der Waals surface area contributed by atoms with Crippen molar-refractivity contribution in [1.82, 2.24) is 4.90 Å². The van der Waals surface area contributed by atoms with Gasteiger partial charge in [-0.1, -0.05) is 29.8 Å². The third-order valence-corrected chi connectivity index (χ3v) is 5.84. The molecule has 0 N–H and O–H groups in total. The number of carbonyl (C=O) groups excluding carboxylic acids is 1. The van der Waals surface area contributed by atoms with Crippen LogP contribution < -0.4 is 9.47 Å². The lowest BCUT2D eigenvalue weighted by molar-refractivity contribution is 0.0689. The molecule has 0 radical (unpaired) electrons. The van der Waals surface area contributed by atoms with Gasteiger partial charge in [-0.2, -0.15) is 0 Å². The second-order valence-corrected chi connectivity index (χ2v) is 7.61. The van der Waals surface area contributed by atoms with Crippen molar-refractivity contribution in [3.8, 4) is 11.5 Å². The van der Waals surface area contributed by atoms with Gasteiger partial charge >= 0.3 is 0 Å². The van der Waals surface area contributed by atoms with Crippen molar-refractivity contribution in [1.29, 1.82) is 0 Å². The molecule has 31 heavy (non-hydrogen) atoms. The summed E-state index contributed by atoms with van der Waals surface area (Å²) < 4.78 is 39.1. The molecule has 1 amide bonds. The lowest BCUT2D eigenvalue weighted by Gasteiger charge is -2.38. The van der Waals surface area contributed by atoms with Crippen LogP contribution in [0, 0.1) is 11.6 Å². The fourth-order valence-corrected chi connectivity index (χ4v) is 4.25. The summed E-state index contributed by atoms with van der Waals surface area (Å²) in [6, 6.07) is 13.1. The summed E-state index contributed by atoms with van der Waals surface area (Å²) >= 11 is 6.50. The van der Waals surface area contributed by atoms with E-state index >= 15 is 0 Å². The summed E-state index contributed by atoms with van der Waals surface area (Å²) in [5.74, 6) is -0.979. The molecule has 1 aliphatic rings. The first-order chi connectivity index (χ1) is 14.9. The van der Waals surface area contributed by atoms with Crippen LogP contribution in [-0.4, -0.2) is 31.6 Å². The molecule has 3 aromatic carbocycles. The number of rotatable bonds is 4. The van der Waals surface area contributed by atoms with Crippen molar-refractivity contribution in [3.63, 3.8) is 0 Å².